The third kappa shape index (κ3) is 10.6. The average molecular weight is 524 g/mol. The topological polar surface area (TPSA) is 74.8 Å². The van der Waals surface area contributed by atoms with Gasteiger partial charge in [-0.25, -0.2) is 0 Å². The number of amides is 1. The highest BCUT2D eigenvalue weighted by Gasteiger charge is 2.05. The van der Waals surface area contributed by atoms with Gasteiger partial charge in [-0.05, 0) is 30.9 Å². The molecule has 1 amide bonds. The van der Waals surface area contributed by atoms with Crippen LogP contribution in [0.1, 0.15) is 30.6 Å². The first-order valence-corrected chi connectivity index (χ1v) is 10.1. The van der Waals surface area contributed by atoms with Gasteiger partial charge < -0.3 is 20.7 Å². The van der Waals surface area contributed by atoms with E-state index in [0.717, 1.165) is 19.4 Å². The van der Waals surface area contributed by atoms with Crippen molar-refractivity contribution >= 4 is 35.8 Å². The van der Waals surface area contributed by atoms with Gasteiger partial charge >= 0.3 is 0 Å². The van der Waals surface area contributed by atoms with E-state index in [4.69, 9.17) is 4.74 Å². The van der Waals surface area contributed by atoms with Gasteiger partial charge in [0.1, 0.15) is 0 Å². The quantitative estimate of drug-likeness (QED) is 0.183. The molecule has 0 fully saturated rings. The number of aliphatic imine (C=N–C) groups is 1. The lowest BCUT2D eigenvalue weighted by Gasteiger charge is -2.15. The van der Waals surface area contributed by atoms with Gasteiger partial charge in [0, 0.05) is 26.7 Å². The Morgan fingerprint density at radius 2 is 1.63 bits per heavy atom. The Kier molecular flexibility index (Phi) is 13.5. The van der Waals surface area contributed by atoms with Crippen molar-refractivity contribution in [2.45, 2.75) is 25.9 Å². The van der Waals surface area contributed by atoms with E-state index in [1.165, 1.54) is 11.1 Å². The Labute approximate surface area is 196 Å². The van der Waals surface area contributed by atoms with Crippen LogP contribution in [0.15, 0.2) is 65.7 Å². The molecule has 0 heterocycles. The Hall–Kier alpha value is -2.13. The monoisotopic (exact) mass is 524 g/mol. The third-order valence-electron chi connectivity index (χ3n) is 4.47. The highest BCUT2D eigenvalue weighted by Crippen LogP contribution is 2.15. The molecule has 1 atom stereocenters. The van der Waals surface area contributed by atoms with Crippen molar-refractivity contribution < 1.29 is 9.53 Å². The lowest BCUT2D eigenvalue weighted by atomic mass is 10.1. The maximum absolute atomic E-state index is 12.0. The number of nitrogens with one attached hydrogen (secondary N) is 3. The van der Waals surface area contributed by atoms with Crippen molar-refractivity contribution in [3.8, 4) is 0 Å². The summed E-state index contributed by atoms with van der Waals surface area (Å²) in [4.78, 5) is 16.1. The van der Waals surface area contributed by atoms with E-state index in [9.17, 15) is 4.79 Å². The van der Waals surface area contributed by atoms with Gasteiger partial charge in [-0.2, -0.15) is 0 Å². The number of hydrogen-bond donors (Lipinski definition) is 3. The molecular formula is C23H33IN4O2. The summed E-state index contributed by atoms with van der Waals surface area (Å²) in [7, 11) is 1.69. The van der Waals surface area contributed by atoms with Crippen LogP contribution in [0, 0.1) is 0 Å². The number of ether oxygens (including phenoxy) is 1. The van der Waals surface area contributed by atoms with Crippen LogP contribution in [-0.4, -0.2) is 45.2 Å². The molecule has 2 aromatic carbocycles. The van der Waals surface area contributed by atoms with E-state index in [-0.39, 0.29) is 42.5 Å². The smallest absolute Gasteiger partial charge is 0.239 e. The summed E-state index contributed by atoms with van der Waals surface area (Å²) < 4.78 is 5.86. The molecule has 0 spiro atoms. The number of carbonyl (C=O) groups excluding carboxylic acids is 1. The molecule has 3 N–H and O–H groups in total. The van der Waals surface area contributed by atoms with Crippen molar-refractivity contribution in [2.75, 3.05) is 33.3 Å². The molecule has 2 rings (SSSR count). The third-order valence-corrected chi connectivity index (χ3v) is 4.47. The van der Waals surface area contributed by atoms with Gasteiger partial charge in [-0.1, -0.05) is 60.7 Å². The van der Waals surface area contributed by atoms with Crippen molar-refractivity contribution in [3.05, 3.63) is 71.8 Å². The van der Waals surface area contributed by atoms with E-state index in [0.29, 0.717) is 19.1 Å². The molecule has 1 unspecified atom stereocenters. The zero-order chi connectivity index (χ0) is 20.7. The summed E-state index contributed by atoms with van der Waals surface area (Å²) >= 11 is 0. The van der Waals surface area contributed by atoms with Crippen molar-refractivity contribution in [2.24, 2.45) is 4.99 Å². The summed E-state index contributed by atoms with van der Waals surface area (Å²) in [5.74, 6) is 0.559. The van der Waals surface area contributed by atoms with Gasteiger partial charge in [0.15, 0.2) is 5.96 Å². The predicted molar refractivity (Wildman–Crippen MR) is 133 cm³/mol. The predicted octanol–water partition coefficient (Wildman–Crippen LogP) is 3.30. The first-order chi connectivity index (χ1) is 14.2. The summed E-state index contributed by atoms with van der Waals surface area (Å²) in [6.07, 6.45) is 1.75. The lowest BCUT2D eigenvalue weighted by Crippen LogP contribution is -2.43. The molecule has 7 heteroatoms. The number of halogens is 1. The summed E-state index contributed by atoms with van der Waals surface area (Å²) in [6.45, 7) is 4.24. The molecule has 6 nitrogen and oxygen atoms in total. The fourth-order valence-electron chi connectivity index (χ4n) is 2.80. The molecule has 0 radical (unpaired) electrons. The van der Waals surface area contributed by atoms with Crippen molar-refractivity contribution in [1.82, 2.24) is 16.0 Å². The van der Waals surface area contributed by atoms with Crippen LogP contribution in [0.2, 0.25) is 0 Å². The number of nitrogens with zero attached hydrogens (tertiary/aromatic N) is 1. The lowest BCUT2D eigenvalue weighted by molar-refractivity contribution is -0.119. The second kappa shape index (κ2) is 15.7. The van der Waals surface area contributed by atoms with E-state index < -0.39 is 0 Å². The molecule has 0 aliphatic carbocycles. The molecule has 0 saturated carbocycles. The van der Waals surface area contributed by atoms with Crippen LogP contribution in [0.5, 0.6) is 0 Å². The van der Waals surface area contributed by atoms with Crippen LogP contribution in [0.3, 0.4) is 0 Å². The Bertz CT molecular complexity index is 741. The molecule has 164 valence electrons. The largest absolute Gasteiger partial charge is 0.374 e. The molecule has 0 bridgehead atoms. The minimum Gasteiger partial charge on any atom is -0.374 e. The Morgan fingerprint density at radius 3 is 2.30 bits per heavy atom. The number of benzene rings is 2. The van der Waals surface area contributed by atoms with E-state index >= 15 is 0 Å². The van der Waals surface area contributed by atoms with Crippen LogP contribution in [0.4, 0.5) is 0 Å². The zero-order valence-corrected chi connectivity index (χ0v) is 20.1. The normalized spacial score (nSPS) is 11.9. The number of carbonyl (C=O) groups is 1. The second-order valence-electron chi connectivity index (χ2n) is 6.72. The summed E-state index contributed by atoms with van der Waals surface area (Å²) in [6, 6.07) is 20.3. The highest BCUT2D eigenvalue weighted by molar-refractivity contribution is 14.0. The van der Waals surface area contributed by atoms with Crippen LogP contribution in [0.25, 0.3) is 0 Å². The van der Waals surface area contributed by atoms with Crippen LogP contribution in [-0.2, 0) is 16.0 Å². The van der Waals surface area contributed by atoms with Crippen LogP contribution >= 0.6 is 24.0 Å². The minimum atomic E-state index is -0.0519. The number of rotatable bonds is 11. The second-order valence-corrected chi connectivity index (χ2v) is 6.72. The SMILES string of the molecule is CN=C(NCCCOC(C)c1ccccc1)NCC(=O)NCCc1ccccc1.I. The van der Waals surface area contributed by atoms with Crippen molar-refractivity contribution in [3.63, 3.8) is 0 Å². The van der Waals surface area contributed by atoms with E-state index in [1.54, 1.807) is 7.05 Å². The van der Waals surface area contributed by atoms with Gasteiger partial charge in [-0.15, -0.1) is 24.0 Å². The molecule has 30 heavy (non-hydrogen) atoms. The molecule has 0 aliphatic heterocycles. The highest BCUT2D eigenvalue weighted by atomic mass is 127. The molecule has 0 aliphatic rings. The van der Waals surface area contributed by atoms with Gasteiger partial charge in [0.2, 0.25) is 5.91 Å². The maximum Gasteiger partial charge on any atom is 0.239 e. The summed E-state index contributed by atoms with van der Waals surface area (Å²) in [5, 5.41) is 9.14. The van der Waals surface area contributed by atoms with Crippen LogP contribution < -0.4 is 16.0 Å². The maximum atomic E-state index is 12.0. The first-order valence-electron chi connectivity index (χ1n) is 10.1. The van der Waals surface area contributed by atoms with Gasteiger partial charge in [0.25, 0.3) is 0 Å². The average Bonchev–Trinajstić information content (AvgIpc) is 2.76. The van der Waals surface area contributed by atoms with Gasteiger partial charge in [-0.3, -0.25) is 9.79 Å². The zero-order valence-electron chi connectivity index (χ0n) is 17.8. The fourth-order valence-corrected chi connectivity index (χ4v) is 2.80. The number of hydrogen-bond acceptors (Lipinski definition) is 3. The number of guanidine groups is 1. The first kappa shape index (κ1) is 25.9. The van der Waals surface area contributed by atoms with Crippen molar-refractivity contribution in [1.29, 1.82) is 0 Å². The molecule has 2 aromatic rings. The van der Waals surface area contributed by atoms with E-state index in [2.05, 4.69) is 52.1 Å². The van der Waals surface area contributed by atoms with E-state index in [1.807, 2.05) is 36.4 Å². The molecule has 0 aromatic heterocycles. The standard InChI is InChI=1S/C23H32N4O2.HI/c1-19(21-12-7-4-8-13-21)29-17-9-15-26-23(24-2)27-18-22(28)25-16-14-20-10-5-3-6-11-20;/h3-8,10-13,19H,9,14-18H2,1-2H3,(H,25,28)(H2,24,26,27);1H. The minimum absolute atomic E-state index is 0. The van der Waals surface area contributed by atoms with Gasteiger partial charge in [0.05, 0.1) is 12.6 Å². The fraction of sp³-hybridized carbons (Fsp3) is 0.391. The Morgan fingerprint density at radius 1 is 0.967 bits per heavy atom. The molecule has 0 saturated heterocycles. The Balaban J connectivity index is 0.00000450. The molecular weight excluding hydrogens is 491 g/mol. The summed E-state index contributed by atoms with van der Waals surface area (Å²) in [5.41, 5.74) is 2.39.